The van der Waals surface area contributed by atoms with Crippen LogP contribution in [0.1, 0.15) is 186 Å². The number of aromatic nitrogens is 3. The molecule has 72 heavy (non-hydrogen) atoms. The van der Waals surface area contributed by atoms with E-state index in [0.717, 1.165) is 46.5 Å². The number of rotatable bonds is 3. The second kappa shape index (κ2) is 20.8. The van der Waals surface area contributed by atoms with Crippen LogP contribution in [0.25, 0.3) is 39.0 Å². The van der Waals surface area contributed by atoms with E-state index in [1.165, 1.54) is 44.5 Å². The van der Waals surface area contributed by atoms with Gasteiger partial charge in [-0.3, -0.25) is 0 Å². The second-order valence-corrected chi connectivity index (χ2v) is 25.7. The standard InChI is InChI=1S/C29H31N3.C22H28.C16H20N2/c1-28(2,3)22-18-13-19-23(29(4,5)6)24(22)27-31-25(20-14-9-7-10-15-20)30-26(32-27)21-16-11-8-12-17-21;1-21(2,3)19-9-7-15-11-16-8-10-20(22(4,5)6)14-18(16)12-17(15)13-19;1-15(2,3)12-9-13(16(4,5)6)14(18-7)8-11(12)10-17/h7-19H,1-6H3;7-10,13-14H,11-12H2,1-6H3;8-9H,1-6H3. The first-order valence-corrected chi connectivity index (χ1v) is 25.6. The molecule has 0 atom stereocenters. The van der Waals surface area contributed by atoms with Crippen molar-refractivity contribution in [3.8, 4) is 40.2 Å². The van der Waals surface area contributed by atoms with E-state index in [1.807, 2.05) is 66.7 Å². The minimum absolute atomic E-state index is 0.0525. The molecule has 1 heterocycles. The van der Waals surface area contributed by atoms with Crippen molar-refractivity contribution in [1.29, 1.82) is 5.26 Å². The molecule has 1 aliphatic carbocycles. The predicted molar refractivity (Wildman–Crippen MR) is 304 cm³/mol. The lowest BCUT2D eigenvalue weighted by Gasteiger charge is -2.29. The molecule has 8 rings (SSSR count). The van der Waals surface area contributed by atoms with Crippen molar-refractivity contribution < 1.29 is 0 Å². The molecule has 0 radical (unpaired) electrons. The van der Waals surface area contributed by atoms with Crippen molar-refractivity contribution >= 4 is 5.69 Å². The van der Waals surface area contributed by atoms with E-state index in [4.69, 9.17) is 21.5 Å². The SMILES string of the molecule is CC(C)(C)c1ccc2c(c1)Cc1cc(C(C)(C)C)ccc1C2.CC(C)(C)c1cccc(C(C)(C)C)c1-c1nc(-c2ccccc2)nc(-c2ccccc2)n1.[C-]#[N+]c1cc(C#N)c(C(C)(C)C)cc1C(C)(C)C. The van der Waals surface area contributed by atoms with Crippen LogP contribution in [0.3, 0.4) is 0 Å². The van der Waals surface area contributed by atoms with E-state index >= 15 is 0 Å². The molecule has 0 N–H and O–H groups in total. The number of hydrogen-bond donors (Lipinski definition) is 0. The van der Waals surface area contributed by atoms with Crippen LogP contribution < -0.4 is 0 Å². The van der Waals surface area contributed by atoms with Crippen molar-refractivity contribution in [3.05, 3.63) is 200 Å². The normalized spacial score (nSPS) is 12.7. The van der Waals surface area contributed by atoms with E-state index in [0.29, 0.717) is 22.9 Å². The van der Waals surface area contributed by atoms with Crippen molar-refractivity contribution in [3.63, 3.8) is 0 Å². The first kappa shape index (κ1) is 54.6. The lowest BCUT2D eigenvalue weighted by atomic mass is 9.76. The van der Waals surface area contributed by atoms with Crippen LogP contribution >= 0.6 is 0 Å². The van der Waals surface area contributed by atoms with Gasteiger partial charge in [-0.15, -0.1) is 0 Å². The molecule has 5 heteroatoms. The van der Waals surface area contributed by atoms with Gasteiger partial charge in [-0.05, 0) is 107 Å². The van der Waals surface area contributed by atoms with Crippen LogP contribution in [0.4, 0.5) is 5.69 Å². The third kappa shape index (κ3) is 13.0. The highest BCUT2D eigenvalue weighted by molar-refractivity contribution is 5.72. The molecule has 6 aromatic carbocycles. The Morgan fingerprint density at radius 1 is 0.403 bits per heavy atom. The summed E-state index contributed by atoms with van der Waals surface area (Å²) < 4.78 is 0. The third-order valence-corrected chi connectivity index (χ3v) is 13.5. The molecule has 0 bridgehead atoms. The Bertz CT molecular complexity index is 2920. The van der Waals surface area contributed by atoms with Gasteiger partial charge in [0.2, 0.25) is 0 Å². The largest absolute Gasteiger partial charge is 0.238 e. The number of hydrogen-bond acceptors (Lipinski definition) is 4. The molecule has 0 saturated heterocycles. The molecular weight excluding hydrogens is 875 g/mol. The second-order valence-electron chi connectivity index (χ2n) is 25.7. The van der Waals surface area contributed by atoms with Crippen molar-refractivity contribution in [2.24, 2.45) is 0 Å². The van der Waals surface area contributed by atoms with E-state index in [-0.39, 0.29) is 32.5 Å². The number of benzene rings is 6. The Balaban J connectivity index is 0.000000186. The Morgan fingerprint density at radius 3 is 1.15 bits per heavy atom. The zero-order valence-electron chi connectivity index (χ0n) is 46.8. The molecule has 0 amide bonds. The summed E-state index contributed by atoms with van der Waals surface area (Å²) in [5.74, 6) is 2.12. The summed E-state index contributed by atoms with van der Waals surface area (Å²) >= 11 is 0. The summed E-state index contributed by atoms with van der Waals surface area (Å²) in [4.78, 5) is 18.5. The highest BCUT2D eigenvalue weighted by Crippen LogP contribution is 2.41. The minimum Gasteiger partial charge on any atom is -0.238 e. The van der Waals surface area contributed by atoms with Gasteiger partial charge in [0.05, 0.1) is 12.6 Å². The molecule has 0 saturated carbocycles. The van der Waals surface area contributed by atoms with E-state index in [1.54, 1.807) is 6.07 Å². The first-order valence-electron chi connectivity index (χ1n) is 25.6. The summed E-state index contributed by atoms with van der Waals surface area (Å²) in [6.07, 6.45) is 2.16. The van der Waals surface area contributed by atoms with Gasteiger partial charge < -0.3 is 0 Å². The van der Waals surface area contributed by atoms with Crippen LogP contribution in [0.5, 0.6) is 0 Å². The first-order chi connectivity index (χ1) is 33.4. The summed E-state index contributed by atoms with van der Waals surface area (Å²) in [5.41, 5.74) is 17.9. The van der Waals surface area contributed by atoms with E-state index in [2.05, 4.69) is 190 Å². The van der Waals surface area contributed by atoms with Gasteiger partial charge in [0.25, 0.3) is 0 Å². The topological polar surface area (TPSA) is 66.8 Å². The number of nitriles is 1. The lowest BCUT2D eigenvalue weighted by molar-refractivity contribution is 0.569. The van der Waals surface area contributed by atoms with Gasteiger partial charge in [0.15, 0.2) is 23.2 Å². The lowest BCUT2D eigenvalue weighted by Crippen LogP contribution is -2.20. The van der Waals surface area contributed by atoms with Crippen LogP contribution in [0.15, 0.2) is 127 Å². The summed E-state index contributed by atoms with van der Waals surface area (Å²) in [6.45, 7) is 47.1. The fourth-order valence-electron chi connectivity index (χ4n) is 9.23. The molecule has 0 unspecified atom stereocenters. The highest BCUT2D eigenvalue weighted by Gasteiger charge is 2.29. The molecule has 1 aromatic heterocycles. The maximum Gasteiger partial charge on any atom is 0.192 e. The van der Waals surface area contributed by atoms with E-state index in [9.17, 15) is 5.26 Å². The summed E-state index contributed by atoms with van der Waals surface area (Å²) in [6, 6.07) is 47.0. The quantitative estimate of drug-likeness (QED) is 0.166. The fraction of sp³-hybridized carbons (Fsp3) is 0.388. The molecule has 0 spiro atoms. The molecular formula is C67H79N5. The predicted octanol–water partition coefficient (Wildman–Crippen LogP) is 17.9. The maximum absolute atomic E-state index is 9.24. The van der Waals surface area contributed by atoms with Crippen molar-refractivity contribution in [2.45, 2.75) is 170 Å². The summed E-state index contributed by atoms with van der Waals surface area (Å²) in [5, 5.41) is 9.24. The van der Waals surface area contributed by atoms with Gasteiger partial charge in [-0.25, -0.2) is 19.8 Å². The molecule has 5 nitrogen and oxygen atoms in total. The smallest absolute Gasteiger partial charge is 0.192 e. The molecule has 0 aliphatic heterocycles. The zero-order chi connectivity index (χ0) is 53.2. The average molecular weight is 954 g/mol. The Labute approximate surface area is 434 Å². The Kier molecular flexibility index (Phi) is 15.8. The maximum atomic E-state index is 9.24. The molecule has 372 valence electrons. The van der Waals surface area contributed by atoms with Crippen molar-refractivity contribution in [1.82, 2.24) is 15.0 Å². The van der Waals surface area contributed by atoms with E-state index < -0.39 is 0 Å². The molecule has 1 aliphatic rings. The summed E-state index contributed by atoms with van der Waals surface area (Å²) in [7, 11) is 0. The van der Waals surface area contributed by atoms with Gasteiger partial charge >= 0.3 is 0 Å². The van der Waals surface area contributed by atoms with Crippen LogP contribution in [0.2, 0.25) is 0 Å². The van der Waals surface area contributed by atoms with Crippen LogP contribution in [-0.2, 0) is 45.3 Å². The Morgan fingerprint density at radius 2 is 0.792 bits per heavy atom. The van der Waals surface area contributed by atoms with Crippen LogP contribution in [0, 0.1) is 17.9 Å². The zero-order valence-corrected chi connectivity index (χ0v) is 46.8. The minimum atomic E-state index is -0.0916. The van der Waals surface area contributed by atoms with Gasteiger partial charge in [0.1, 0.15) is 0 Å². The number of fused-ring (bicyclic) bond motifs is 2. The number of nitrogens with zero attached hydrogens (tertiary/aromatic N) is 5. The highest BCUT2D eigenvalue weighted by atomic mass is 15.0. The molecule has 0 fully saturated rings. The fourth-order valence-corrected chi connectivity index (χ4v) is 9.23. The van der Waals surface area contributed by atoms with Gasteiger partial charge in [-0.1, -0.05) is 246 Å². The molecule has 7 aromatic rings. The average Bonchev–Trinajstić information content (AvgIpc) is 3.31. The Hall–Kier alpha value is -6.69. The van der Waals surface area contributed by atoms with Crippen molar-refractivity contribution in [2.75, 3.05) is 0 Å². The van der Waals surface area contributed by atoms with Crippen LogP contribution in [-0.4, -0.2) is 15.0 Å². The monoisotopic (exact) mass is 954 g/mol. The van der Waals surface area contributed by atoms with Gasteiger partial charge in [-0.2, -0.15) is 5.26 Å². The van der Waals surface area contributed by atoms with Gasteiger partial charge in [0, 0.05) is 22.3 Å². The third-order valence-electron chi connectivity index (χ3n) is 13.5.